The summed E-state index contributed by atoms with van der Waals surface area (Å²) >= 11 is 0. The maximum absolute atomic E-state index is 13.3. The fourth-order valence-corrected chi connectivity index (χ4v) is 13.3. The van der Waals surface area contributed by atoms with Gasteiger partial charge in [0.15, 0.2) is 0 Å². The van der Waals surface area contributed by atoms with Crippen molar-refractivity contribution in [3.8, 4) is 34.5 Å². The molecule has 84 heavy (non-hydrogen) atoms. The lowest BCUT2D eigenvalue weighted by Gasteiger charge is -2.42. The fourth-order valence-electron chi connectivity index (χ4n) is 11.5. The number of nitro benzene ring substituents is 3. The van der Waals surface area contributed by atoms with E-state index in [1.807, 2.05) is 14.7 Å². The highest BCUT2D eigenvalue weighted by molar-refractivity contribution is 7.86. The first-order valence-electron chi connectivity index (χ1n) is 25.8. The van der Waals surface area contributed by atoms with Crippen LogP contribution >= 0.6 is 0 Å². The number of ether oxygens (including phenoxy) is 6. The first-order chi connectivity index (χ1) is 39.8. The van der Waals surface area contributed by atoms with Crippen LogP contribution in [0.5, 0.6) is 34.5 Å². The van der Waals surface area contributed by atoms with E-state index in [1.165, 1.54) is 57.7 Å². The number of rotatable bonds is 9. The van der Waals surface area contributed by atoms with Gasteiger partial charge < -0.3 is 28.4 Å². The van der Waals surface area contributed by atoms with Crippen molar-refractivity contribution in [1.82, 2.24) is 14.7 Å². The molecule has 30 heteroatoms. The zero-order valence-electron chi connectivity index (χ0n) is 45.1. The van der Waals surface area contributed by atoms with Gasteiger partial charge in [0.2, 0.25) is 0 Å². The maximum Gasteiger partial charge on any atom is 0.294 e. The molecule has 6 aromatic rings. The second-order valence-electron chi connectivity index (χ2n) is 20.5. The SMILES string of the molecule is COc1c2cc(S(=O)(=O)O)cc1Cc1cc([N+](=O)[O-])cc3c1OCCN1CN4CCOc5c(cc([N+](=O)[O-])cc5Cc5cc(S(=O)(=O)O)cc(c5OC)Cc5cc([N+](=O)[O-])cc(c5OCCN(C4)C1)Cc1cc(S(=O)(=O)O)cc(c1OC)C3)C2. The number of benzene rings is 6. The number of fused-ring (bicyclic) bond motifs is 12. The van der Waals surface area contributed by atoms with Gasteiger partial charge in [-0.1, -0.05) is 0 Å². The van der Waals surface area contributed by atoms with Crippen molar-refractivity contribution in [2.45, 2.75) is 53.2 Å². The van der Waals surface area contributed by atoms with Gasteiger partial charge in [-0.15, -0.1) is 0 Å². The van der Waals surface area contributed by atoms with Crippen molar-refractivity contribution in [2.24, 2.45) is 0 Å². The van der Waals surface area contributed by atoms with Gasteiger partial charge in [0, 0.05) is 161 Å². The van der Waals surface area contributed by atoms with Gasteiger partial charge in [0.05, 0.1) is 70.8 Å². The summed E-state index contributed by atoms with van der Waals surface area (Å²) in [5.74, 6) is -0.0168. The van der Waals surface area contributed by atoms with Crippen LogP contribution < -0.4 is 28.4 Å². The Balaban J connectivity index is 1.38. The minimum Gasteiger partial charge on any atom is -0.496 e. The zero-order valence-corrected chi connectivity index (χ0v) is 47.6. The minimum absolute atomic E-state index is 0.0151. The molecule has 27 nitrogen and oxygen atoms in total. The van der Waals surface area contributed by atoms with Crippen molar-refractivity contribution < 1.29 is 82.1 Å². The van der Waals surface area contributed by atoms with Gasteiger partial charge in [0.1, 0.15) is 54.3 Å². The topological polar surface area (TPSA) is 358 Å². The maximum atomic E-state index is 13.3. The lowest BCUT2D eigenvalue weighted by Crippen LogP contribution is -2.56. The molecule has 4 aliphatic rings. The van der Waals surface area contributed by atoms with E-state index in [4.69, 9.17) is 28.4 Å². The standard InChI is InChI=1S/C54H54N6O21S3/c1-76-49-37-10-31-16-43(58(61)62)18-33-12-39-24-47(83(70,71)72)26-41(50(39)77-2)14-35-20-45(60(65)66)21-36-15-42-27-48(84(73,74)75)25-40(51(42)78-3)13-34-19-44(59(63)64)17-32(11-38(49)23-46(22-37)82(67,68)69)53(34)80-8-5-56-28-55(4-7-79-52(31)33)29-57(30-56)6-9-81-54(35)36/h16-27H,4-15,28-30H2,1-3H3,(H,67,68,69)(H,70,71,72)(H,73,74,75). The summed E-state index contributed by atoms with van der Waals surface area (Å²) in [6, 6.07) is 13.7. The van der Waals surface area contributed by atoms with E-state index in [2.05, 4.69) is 0 Å². The van der Waals surface area contributed by atoms with Gasteiger partial charge >= 0.3 is 0 Å². The molecule has 1 saturated heterocycles. The second-order valence-corrected chi connectivity index (χ2v) is 24.8. The Kier molecular flexibility index (Phi) is 16.3. The van der Waals surface area contributed by atoms with E-state index in [0.717, 1.165) is 36.4 Å². The average Bonchev–Trinajstić information content (AvgIpc) is 3.35. The predicted molar refractivity (Wildman–Crippen MR) is 296 cm³/mol. The molecule has 4 heterocycles. The summed E-state index contributed by atoms with van der Waals surface area (Å²) in [6.07, 6.45) is -2.52. The van der Waals surface area contributed by atoms with Gasteiger partial charge in [-0.05, 0) is 36.4 Å². The van der Waals surface area contributed by atoms with E-state index >= 15 is 0 Å². The van der Waals surface area contributed by atoms with Crippen LogP contribution in [-0.2, 0) is 68.9 Å². The third-order valence-corrected chi connectivity index (χ3v) is 17.4. The van der Waals surface area contributed by atoms with Crippen molar-refractivity contribution in [2.75, 3.05) is 80.8 Å². The number of methoxy groups -OCH3 is 3. The van der Waals surface area contributed by atoms with Crippen LogP contribution in [-0.4, -0.2) is 149 Å². The van der Waals surface area contributed by atoms with Crippen LogP contribution in [0.25, 0.3) is 0 Å². The smallest absolute Gasteiger partial charge is 0.294 e. The molecule has 0 aromatic heterocycles. The first-order valence-corrected chi connectivity index (χ1v) is 30.1. The fraction of sp³-hybridized carbons (Fsp3) is 0.333. The van der Waals surface area contributed by atoms with Crippen LogP contribution in [0.1, 0.15) is 66.8 Å². The Hall–Kier alpha value is -8.07. The third-order valence-electron chi connectivity index (χ3n) is 14.9. The minimum atomic E-state index is -5.10. The van der Waals surface area contributed by atoms with Crippen LogP contribution in [0.15, 0.2) is 87.5 Å². The number of nitro groups is 3. The molecule has 6 aromatic carbocycles. The molecule has 10 rings (SSSR count). The highest BCUT2D eigenvalue weighted by Crippen LogP contribution is 2.44. The number of hydrogen-bond acceptors (Lipinski definition) is 21. The summed E-state index contributed by atoms with van der Waals surface area (Å²) in [4.78, 5) is 41.1. The Morgan fingerprint density at radius 1 is 0.381 bits per heavy atom. The van der Waals surface area contributed by atoms with E-state index in [0.29, 0.717) is 20.0 Å². The zero-order chi connectivity index (χ0) is 60.2. The summed E-state index contributed by atoms with van der Waals surface area (Å²) in [5, 5.41) is 39.0. The molecule has 0 aliphatic carbocycles. The molecule has 0 unspecified atom stereocenters. The van der Waals surface area contributed by atoms with Crippen LogP contribution in [0.4, 0.5) is 17.1 Å². The van der Waals surface area contributed by atoms with E-state index in [9.17, 15) is 69.3 Å². The van der Waals surface area contributed by atoms with Crippen molar-refractivity contribution in [1.29, 1.82) is 0 Å². The molecule has 3 N–H and O–H groups in total. The van der Waals surface area contributed by atoms with E-state index in [-0.39, 0.29) is 141 Å². The molecule has 1 fully saturated rings. The van der Waals surface area contributed by atoms with Gasteiger partial charge in [0.25, 0.3) is 47.4 Å². The summed E-state index contributed by atoms with van der Waals surface area (Å²) in [6.45, 7) is 1.27. The van der Waals surface area contributed by atoms with Crippen molar-refractivity contribution in [3.63, 3.8) is 0 Å². The Bertz CT molecular complexity index is 3510. The largest absolute Gasteiger partial charge is 0.496 e. The molecule has 444 valence electrons. The quantitative estimate of drug-likeness (QED) is 0.0848. The molecular weight excluding hydrogens is 1160 g/mol. The summed E-state index contributed by atoms with van der Waals surface area (Å²) in [7, 11) is -11.5. The molecule has 12 bridgehead atoms. The van der Waals surface area contributed by atoms with Gasteiger partial charge in [-0.3, -0.25) is 58.7 Å². The molecule has 0 atom stereocenters. The molecule has 4 aliphatic heterocycles. The highest BCUT2D eigenvalue weighted by atomic mass is 32.2. The molecule has 0 saturated carbocycles. The number of nitrogens with zero attached hydrogens (tertiary/aromatic N) is 6. The third kappa shape index (κ3) is 12.4. The van der Waals surface area contributed by atoms with Crippen molar-refractivity contribution >= 4 is 47.4 Å². The Labute approximate surface area is 480 Å². The summed E-state index contributed by atoms with van der Waals surface area (Å²) < 4.78 is 150. The Morgan fingerprint density at radius 2 is 0.583 bits per heavy atom. The molecule has 0 radical (unpaired) electrons. The second kappa shape index (κ2) is 23.2. The number of hydrogen-bond donors (Lipinski definition) is 3. The molecule has 0 amide bonds. The highest BCUT2D eigenvalue weighted by Gasteiger charge is 2.32. The van der Waals surface area contributed by atoms with Crippen LogP contribution in [0.2, 0.25) is 0 Å². The van der Waals surface area contributed by atoms with Gasteiger partial charge in [-0.2, -0.15) is 25.3 Å². The average molecular weight is 1220 g/mol. The van der Waals surface area contributed by atoms with Crippen LogP contribution in [0.3, 0.4) is 0 Å². The summed E-state index contributed by atoms with van der Waals surface area (Å²) in [5.41, 5.74) is -0.994. The number of non-ortho nitro benzene ring substituents is 3. The first kappa shape index (κ1) is 59.1. The monoisotopic (exact) mass is 1220 g/mol. The van der Waals surface area contributed by atoms with Gasteiger partial charge in [-0.25, -0.2) is 0 Å². The lowest BCUT2D eigenvalue weighted by molar-refractivity contribution is -0.385. The van der Waals surface area contributed by atoms with Crippen molar-refractivity contribution in [3.05, 3.63) is 170 Å². The lowest BCUT2D eigenvalue weighted by atomic mass is 9.90. The van der Waals surface area contributed by atoms with E-state index in [1.54, 1.807) is 0 Å². The van der Waals surface area contributed by atoms with Crippen LogP contribution in [0, 0.1) is 30.3 Å². The molecule has 0 spiro atoms. The molecular formula is C54H54N6O21S3. The Morgan fingerprint density at radius 3 is 0.750 bits per heavy atom. The van der Waals surface area contributed by atoms with E-state index < -0.39 is 115 Å². The predicted octanol–water partition coefficient (Wildman–Crippen LogP) is 5.99. The normalized spacial score (nSPS) is 18.1.